The number of carbonyl (C=O) groups excluding carboxylic acids is 1. The molecule has 2 nitrogen and oxygen atoms in total. The van der Waals surface area contributed by atoms with E-state index in [2.05, 4.69) is 0 Å². The van der Waals surface area contributed by atoms with E-state index in [0.29, 0.717) is 19.3 Å². The fraction of sp³-hybridized carbons (Fsp3) is 0.941. The van der Waals surface area contributed by atoms with Crippen molar-refractivity contribution >= 4 is 17.7 Å². The van der Waals surface area contributed by atoms with Crippen LogP contribution < -0.4 is 0 Å². The lowest BCUT2D eigenvalue weighted by molar-refractivity contribution is -0.396. The molecule has 0 heterocycles. The zero-order valence-corrected chi connectivity index (χ0v) is 16.9. The average molecular weight is 464 g/mol. The molecular weight excluding hydrogens is 439 g/mol. The standard InChI is InChI=1S/C17H25F9O2S/c1-3-5-6-8-12(13(27)28-10-4-2)29-11-7-9-14(18,19)15(20,21)16(22,23)17(24,25)26/h12H,3-11H2,1-2H3. The normalized spacial score (nSPS) is 14.7. The molecule has 0 saturated carbocycles. The minimum atomic E-state index is -6.87. The molecule has 1 atom stereocenters. The van der Waals surface area contributed by atoms with Crippen LogP contribution in [0.5, 0.6) is 0 Å². The van der Waals surface area contributed by atoms with Crippen LogP contribution in [0.1, 0.15) is 58.8 Å². The number of unbranched alkanes of at least 4 members (excludes halogenated alkanes) is 2. The van der Waals surface area contributed by atoms with E-state index in [0.717, 1.165) is 24.6 Å². The number of hydrogen-bond donors (Lipinski definition) is 0. The maximum absolute atomic E-state index is 13.5. The lowest BCUT2D eigenvalue weighted by Gasteiger charge is -2.33. The summed E-state index contributed by atoms with van der Waals surface area (Å²) in [5, 5.41) is -0.751. The van der Waals surface area contributed by atoms with Crippen molar-refractivity contribution in [3.63, 3.8) is 0 Å². The van der Waals surface area contributed by atoms with Crippen LogP contribution in [0.3, 0.4) is 0 Å². The number of ether oxygens (including phenoxy) is 1. The molecule has 0 radical (unpaired) electrons. The van der Waals surface area contributed by atoms with Gasteiger partial charge in [0.15, 0.2) is 0 Å². The summed E-state index contributed by atoms with van der Waals surface area (Å²) in [7, 11) is 0. The second kappa shape index (κ2) is 11.5. The Labute approximate surface area is 167 Å². The summed E-state index contributed by atoms with van der Waals surface area (Å²) in [4.78, 5) is 12.0. The molecule has 0 aromatic carbocycles. The van der Waals surface area contributed by atoms with E-state index in [9.17, 15) is 44.3 Å². The van der Waals surface area contributed by atoms with Gasteiger partial charge in [-0.15, -0.1) is 11.8 Å². The van der Waals surface area contributed by atoms with Gasteiger partial charge in [0.1, 0.15) is 5.25 Å². The van der Waals surface area contributed by atoms with Crippen molar-refractivity contribution in [2.75, 3.05) is 12.4 Å². The molecule has 0 spiro atoms. The lowest BCUT2D eigenvalue weighted by Crippen LogP contribution is -2.60. The smallest absolute Gasteiger partial charge is 0.460 e. The van der Waals surface area contributed by atoms with Gasteiger partial charge >= 0.3 is 29.9 Å². The Morgan fingerprint density at radius 3 is 1.93 bits per heavy atom. The van der Waals surface area contributed by atoms with Crippen molar-refractivity contribution < 1.29 is 49.0 Å². The lowest BCUT2D eigenvalue weighted by atomic mass is 10.00. The fourth-order valence-corrected chi connectivity index (χ4v) is 3.36. The Balaban J connectivity index is 4.87. The Kier molecular flexibility index (Phi) is 11.2. The van der Waals surface area contributed by atoms with Crippen LogP contribution >= 0.6 is 11.8 Å². The Bertz CT molecular complexity index is 496. The van der Waals surface area contributed by atoms with Crippen LogP contribution in [0.15, 0.2) is 0 Å². The van der Waals surface area contributed by atoms with Gasteiger partial charge in [-0.25, -0.2) is 0 Å². The van der Waals surface area contributed by atoms with Crippen LogP contribution in [0.2, 0.25) is 0 Å². The number of esters is 1. The van der Waals surface area contributed by atoms with Gasteiger partial charge in [-0.05, 0) is 25.0 Å². The largest absolute Gasteiger partial charge is 0.465 e. The molecule has 0 saturated heterocycles. The SMILES string of the molecule is CCCCCC(SCCCC(F)(F)C(F)(F)C(F)(F)C(F)(F)F)C(=O)OCCC. The van der Waals surface area contributed by atoms with Crippen LogP contribution in [0.25, 0.3) is 0 Å². The highest BCUT2D eigenvalue weighted by atomic mass is 32.2. The molecule has 0 aromatic rings. The van der Waals surface area contributed by atoms with Crippen molar-refractivity contribution in [2.45, 2.75) is 88.0 Å². The second-order valence-corrected chi connectivity index (χ2v) is 7.79. The van der Waals surface area contributed by atoms with Crippen molar-refractivity contribution in [1.82, 2.24) is 0 Å². The fourth-order valence-electron chi connectivity index (χ4n) is 2.23. The van der Waals surface area contributed by atoms with E-state index in [1.165, 1.54) is 0 Å². The van der Waals surface area contributed by atoms with Crippen molar-refractivity contribution in [2.24, 2.45) is 0 Å². The number of thioether (sulfide) groups is 1. The van der Waals surface area contributed by atoms with Gasteiger partial charge in [0.05, 0.1) is 6.61 Å². The van der Waals surface area contributed by atoms with E-state index in [1.807, 2.05) is 6.92 Å². The first-order chi connectivity index (χ1) is 13.2. The van der Waals surface area contributed by atoms with E-state index in [1.54, 1.807) is 6.92 Å². The highest BCUT2D eigenvalue weighted by molar-refractivity contribution is 8.00. The van der Waals surface area contributed by atoms with Crippen LogP contribution in [0.4, 0.5) is 39.5 Å². The minimum absolute atomic E-state index is 0.139. The van der Waals surface area contributed by atoms with E-state index in [4.69, 9.17) is 4.74 Å². The zero-order chi connectivity index (χ0) is 22.9. The molecule has 12 heteroatoms. The molecule has 0 N–H and O–H groups in total. The minimum Gasteiger partial charge on any atom is -0.465 e. The van der Waals surface area contributed by atoms with E-state index < -0.39 is 48.0 Å². The Morgan fingerprint density at radius 1 is 0.862 bits per heavy atom. The highest BCUT2D eigenvalue weighted by Crippen LogP contribution is 2.54. The van der Waals surface area contributed by atoms with Gasteiger partial charge < -0.3 is 4.74 Å². The highest BCUT2D eigenvalue weighted by Gasteiger charge is 2.81. The maximum atomic E-state index is 13.5. The molecule has 1 unspecified atom stereocenters. The summed E-state index contributed by atoms with van der Waals surface area (Å²) >= 11 is 0.832. The summed E-state index contributed by atoms with van der Waals surface area (Å²) in [5.41, 5.74) is 0. The number of carbonyl (C=O) groups is 1. The van der Waals surface area contributed by atoms with Gasteiger partial charge in [-0.2, -0.15) is 39.5 Å². The predicted molar refractivity (Wildman–Crippen MR) is 91.8 cm³/mol. The van der Waals surface area contributed by atoms with Gasteiger partial charge in [0.25, 0.3) is 0 Å². The number of hydrogen-bond acceptors (Lipinski definition) is 3. The summed E-state index contributed by atoms with van der Waals surface area (Å²) in [6, 6.07) is 0. The second-order valence-electron chi connectivity index (χ2n) is 6.48. The van der Waals surface area contributed by atoms with Crippen molar-refractivity contribution in [1.29, 1.82) is 0 Å². The monoisotopic (exact) mass is 464 g/mol. The molecule has 0 aliphatic heterocycles. The molecule has 0 aliphatic carbocycles. The zero-order valence-electron chi connectivity index (χ0n) is 16.1. The molecule has 174 valence electrons. The van der Waals surface area contributed by atoms with Crippen molar-refractivity contribution in [3.05, 3.63) is 0 Å². The molecule has 0 rings (SSSR count). The maximum Gasteiger partial charge on any atom is 0.460 e. The first-order valence-corrected chi connectivity index (χ1v) is 10.2. The first-order valence-electron chi connectivity index (χ1n) is 9.14. The molecule has 0 amide bonds. The van der Waals surface area contributed by atoms with Gasteiger partial charge in [-0.3, -0.25) is 4.79 Å². The Hall–Kier alpha value is -0.810. The number of rotatable bonds is 14. The van der Waals surface area contributed by atoms with Crippen LogP contribution in [-0.4, -0.2) is 47.5 Å². The predicted octanol–water partition coefficient (Wildman–Crippen LogP) is 6.87. The summed E-state index contributed by atoms with van der Waals surface area (Å²) in [5.74, 6) is -19.9. The number of alkyl halides is 9. The van der Waals surface area contributed by atoms with E-state index >= 15 is 0 Å². The molecule has 0 fully saturated rings. The third-order valence-corrected chi connectivity index (χ3v) is 5.30. The summed E-state index contributed by atoms with van der Waals surface area (Å²) in [6.45, 7) is 3.81. The third kappa shape index (κ3) is 7.75. The summed E-state index contributed by atoms with van der Waals surface area (Å²) < 4.78 is 120. The molecule has 0 bridgehead atoms. The topological polar surface area (TPSA) is 26.3 Å². The quantitative estimate of drug-likeness (QED) is 0.159. The Morgan fingerprint density at radius 2 is 1.45 bits per heavy atom. The van der Waals surface area contributed by atoms with Gasteiger partial charge in [-0.1, -0.05) is 33.1 Å². The van der Waals surface area contributed by atoms with Gasteiger partial charge in [0, 0.05) is 6.42 Å². The third-order valence-electron chi connectivity index (χ3n) is 3.95. The van der Waals surface area contributed by atoms with Crippen molar-refractivity contribution in [3.8, 4) is 0 Å². The molecular formula is C17H25F9O2S. The average Bonchev–Trinajstić information content (AvgIpc) is 2.60. The number of halogens is 9. The molecule has 0 aromatic heterocycles. The molecule has 0 aliphatic rings. The summed E-state index contributed by atoms with van der Waals surface area (Å²) in [6.07, 6.45) is -6.34. The van der Waals surface area contributed by atoms with Crippen LogP contribution in [-0.2, 0) is 9.53 Å². The molecule has 29 heavy (non-hydrogen) atoms. The van der Waals surface area contributed by atoms with Gasteiger partial charge in [0.2, 0.25) is 0 Å². The van der Waals surface area contributed by atoms with E-state index in [-0.39, 0.29) is 12.4 Å². The van der Waals surface area contributed by atoms with Crippen LogP contribution in [0, 0.1) is 0 Å². The first kappa shape index (κ1) is 28.2.